The number of halogens is 3. The summed E-state index contributed by atoms with van der Waals surface area (Å²) in [6.07, 6.45) is 0.463. The lowest BCUT2D eigenvalue weighted by molar-refractivity contribution is -0.137. The summed E-state index contributed by atoms with van der Waals surface area (Å²) in [6, 6.07) is 5.93. The zero-order valence-corrected chi connectivity index (χ0v) is 15.2. The molecule has 0 saturated heterocycles. The van der Waals surface area contributed by atoms with E-state index < -0.39 is 11.7 Å². The largest absolute Gasteiger partial charge is 0.417 e. The minimum atomic E-state index is -4.49. The Hall–Kier alpha value is -3.20. The first-order valence-corrected chi connectivity index (χ1v) is 8.55. The second kappa shape index (κ2) is 6.75. The fourth-order valence-corrected chi connectivity index (χ4v) is 3.19. The third-order valence-corrected chi connectivity index (χ3v) is 4.47. The lowest BCUT2D eigenvalue weighted by atomic mass is 9.99. The van der Waals surface area contributed by atoms with Gasteiger partial charge in [0.2, 0.25) is 0 Å². The molecule has 28 heavy (non-hydrogen) atoms. The molecule has 0 aliphatic rings. The molecule has 0 spiro atoms. The maximum atomic E-state index is 13.7. The maximum Gasteiger partial charge on any atom is 0.417 e. The summed E-state index contributed by atoms with van der Waals surface area (Å²) < 4.78 is 42.7. The highest BCUT2D eigenvalue weighted by Crippen LogP contribution is 2.38. The summed E-state index contributed by atoms with van der Waals surface area (Å²) in [7, 11) is 3.48. The third-order valence-electron chi connectivity index (χ3n) is 4.47. The van der Waals surface area contributed by atoms with Gasteiger partial charge in [0, 0.05) is 36.3 Å². The topological polar surface area (TPSA) is 71.4 Å². The van der Waals surface area contributed by atoms with Crippen LogP contribution in [0.25, 0.3) is 33.4 Å². The van der Waals surface area contributed by atoms with Crippen molar-refractivity contribution in [1.29, 1.82) is 0 Å². The average molecular weight is 386 g/mol. The Morgan fingerprint density at radius 3 is 2.68 bits per heavy atom. The van der Waals surface area contributed by atoms with E-state index in [9.17, 15) is 13.2 Å². The highest BCUT2D eigenvalue weighted by Gasteiger charge is 2.34. The number of aromatic amines is 1. The predicted molar refractivity (Wildman–Crippen MR) is 99.3 cm³/mol. The van der Waals surface area contributed by atoms with Crippen LogP contribution in [0, 0.1) is 0 Å². The van der Waals surface area contributed by atoms with Gasteiger partial charge in [-0.3, -0.25) is 14.8 Å². The monoisotopic (exact) mass is 386 g/mol. The van der Waals surface area contributed by atoms with Crippen molar-refractivity contribution >= 4 is 10.9 Å². The van der Waals surface area contributed by atoms with Crippen LogP contribution in [0.4, 0.5) is 13.2 Å². The Balaban J connectivity index is 1.87. The Morgan fingerprint density at radius 1 is 1.18 bits per heavy atom. The van der Waals surface area contributed by atoms with Gasteiger partial charge in [0.15, 0.2) is 0 Å². The number of fused-ring (bicyclic) bond motifs is 1. The zero-order valence-electron chi connectivity index (χ0n) is 15.2. The molecule has 4 aromatic rings. The van der Waals surface area contributed by atoms with Crippen LogP contribution in [0.1, 0.15) is 11.1 Å². The smallest absolute Gasteiger partial charge is 0.316 e. The van der Waals surface area contributed by atoms with Gasteiger partial charge in [-0.25, -0.2) is 0 Å². The average Bonchev–Trinajstić information content (AvgIpc) is 3.26. The van der Waals surface area contributed by atoms with E-state index in [0.29, 0.717) is 28.7 Å². The van der Waals surface area contributed by atoms with Crippen molar-refractivity contribution < 1.29 is 13.2 Å². The van der Waals surface area contributed by atoms with Crippen LogP contribution in [0.5, 0.6) is 0 Å². The molecule has 4 rings (SSSR count). The number of nitrogens with zero attached hydrogens (tertiary/aromatic N) is 4. The lowest BCUT2D eigenvalue weighted by Crippen LogP contribution is -2.11. The maximum absolute atomic E-state index is 13.7. The van der Waals surface area contributed by atoms with Crippen LogP contribution in [0.15, 0.2) is 42.9 Å². The van der Waals surface area contributed by atoms with Crippen molar-refractivity contribution in [2.45, 2.75) is 12.7 Å². The molecule has 9 heteroatoms. The summed E-state index contributed by atoms with van der Waals surface area (Å²) in [4.78, 5) is 4.23. The normalized spacial score (nSPS) is 12.0. The van der Waals surface area contributed by atoms with Crippen LogP contribution >= 0.6 is 0 Å². The fraction of sp³-hybridized carbons (Fsp3) is 0.211. The molecule has 0 atom stereocenters. The molecule has 0 aliphatic carbocycles. The van der Waals surface area contributed by atoms with Gasteiger partial charge in [0.1, 0.15) is 5.69 Å². The molecule has 0 aliphatic heterocycles. The minimum absolute atomic E-state index is 0.0348. The zero-order chi connectivity index (χ0) is 19.9. The van der Waals surface area contributed by atoms with Crippen LogP contribution < -0.4 is 5.32 Å². The molecule has 0 radical (unpaired) electrons. The molecule has 0 amide bonds. The van der Waals surface area contributed by atoms with E-state index in [1.54, 1.807) is 43.3 Å². The lowest BCUT2D eigenvalue weighted by Gasteiger charge is -2.14. The number of pyridine rings is 1. The second-order valence-corrected chi connectivity index (χ2v) is 6.50. The number of aromatic nitrogens is 5. The third kappa shape index (κ3) is 3.24. The SMILES string of the molecule is CNCc1ccc(-c2cc3c(-c4cnn(C)c4)n[nH]c3cn2)c(C(F)(F)F)c1. The van der Waals surface area contributed by atoms with Gasteiger partial charge in [-0.2, -0.15) is 23.4 Å². The van der Waals surface area contributed by atoms with Crippen molar-refractivity contribution in [2.24, 2.45) is 7.05 Å². The highest BCUT2D eigenvalue weighted by atomic mass is 19.4. The predicted octanol–water partition coefficient (Wildman–Crippen LogP) is 3.76. The van der Waals surface area contributed by atoms with E-state index in [4.69, 9.17) is 0 Å². The van der Waals surface area contributed by atoms with E-state index in [1.807, 2.05) is 0 Å². The number of rotatable bonds is 4. The van der Waals surface area contributed by atoms with Crippen molar-refractivity contribution in [1.82, 2.24) is 30.3 Å². The molecule has 1 aromatic carbocycles. The van der Waals surface area contributed by atoms with Gasteiger partial charge in [-0.1, -0.05) is 12.1 Å². The first-order valence-electron chi connectivity index (χ1n) is 8.55. The van der Waals surface area contributed by atoms with Crippen molar-refractivity contribution in [2.75, 3.05) is 7.05 Å². The first-order chi connectivity index (χ1) is 13.4. The molecule has 2 N–H and O–H groups in total. The number of benzene rings is 1. The van der Waals surface area contributed by atoms with E-state index in [-0.39, 0.29) is 11.3 Å². The number of H-pyrrole nitrogens is 1. The summed E-state index contributed by atoms with van der Waals surface area (Å²) in [5.74, 6) is 0. The molecule has 6 nitrogen and oxygen atoms in total. The Kier molecular flexibility index (Phi) is 4.38. The van der Waals surface area contributed by atoms with Gasteiger partial charge >= 0.3 is 6.18 Å². The summed E-state index contributed by atoms with van der Waals surface area (Å²) in [5.41, 5.74) is 2.15. The van der Waals surface area contributed by atoms with Crippen molar-refractivity contribution in [3.05, 3.63) is 54.0 Å². The van der Waals surface area contributed by atoms with Gasteiger partial charge in [0.05, 0.1) is 29.2 Å². The van der Waals surface area contributed by atoms with Crippen LogP contribution in [0.3, 0.4) is 0 Å². The van der Waals surface area contributed by atoms with Crippen LogP contribution in [-0.2, 0) is 19.8 Å². The van der Waals surface area contributed by atoms with Gasteiger partial charge in [-0.15, -0.1) is 0 Å². The standard InChI is InChI=1S/C19H17F3N6/c1-23-7-11-3-4-13(15(5-11)19(20,21)22)16-6-14-17(9-24-16)26-27-18(14)12-8-25-28(2)10-12/h3-6,8-10,23H,7H2,1-2H3,(H,26,27). The summed E-state index contributed by atoms with van der Waals surface area (Å²) in [6.45, 7) is 0.350. The minimum Gasteiger partial charge on any atom is -0.316 e. The second-order valence-electron chi connectivity index (χ2n) is 6.50. The molecule has 0 unspecified atom stereocenters. The number of nitrogens with one attached hydrogen (secondary N) is 2. The van der Waals surface area contributed by atoms with E-state index in [1.165, 1.54) is 12.3 Å². The molecule has 144 valence electrons. The van der Waals surface area contributed by atoms with Gasteiger partial charge in [-0.05, 0) is 24.7 Å². The fourth-order valence-electron chi connectivity index (χ4n) is 3.19. The Labute approximate surface area is 158 Å². The Bertz CT molecular complexity index is 1140. The molecule has 3 aromatic heterocycles. The number of alkyl halides is 3. The highest BCUT2D eigenvalue weighted by molar-refractivity contribution is 5.94. The molecule has 3 heterocycles. The Morgan fingerprint density at radius 2 is 2.00 bits per heavy atom. The quantitative estimate of drug-likeness (QED) is 0.560. The number of aryl methyl sites for hydroxylation is 1. The van der Waals surface area contributed by atoms with Crippen molar-refractivity contribution in [3.63, 3.8) is 0 Å². The van der Waals surface area contributed by atoms with Crippen LogP contribution in [-0.4, -0.2) is 32.0 Å². The van der Waals surface area contributed by atoms with Crippen LogP contribution in [0.2, 0.25) is 0 Å². The van der Waals surface area contributed by atoms with E-state index in [2.05, 4.69) is 25.6 Å². The molecule has 0 fully saturated rings. The first kappa shape index (κ1) is 18.2. The van der Waals surface area contributed by atoms with E-state index >= 15 is 0 Å². The number of hydrogen-bond donors (Lipinski definition) is 2. The summed E-state index contributed by atoms with van der Waals surface area (Å²) >= 11 is 0. The van der Waals surface area contributed by atoms with Crippen molar-refractivity contribution in [3.8, 4) is 22.5 Å². The molecular formula is C19H17F3N6. The molecular weight excluding hydrogens is 369 g/mol. The molecule has 0 bridgehead atoms. The van der Waals surface area contributed by atoms with Gasteiger partial charge in [0.25, 0.3) is 0 Å². The van der Waals surface area contributed by atoms with E-state index in [0.717, 1.165) is 11.6 Å². The summed E-state index contributed by atoms with van der Waals surface area (Å²) in [5, 5.41) is 14.8. The number of hydrogen-bond acceptors (Lipinski definition) is 4. The molecule has 0 saturated carbocycles. The van der Waals surface area contributed by atoms with Gasteiger partial charge < -0.3 is 5.32 Å².